The van der Waals surface area contributed by atoms with Gasteiger partial charge < -0.3 is 5.31 Å². The summed E-state index contributed by atoms with van der Waals surface area (Å²) in [6.45, 7) is -0.0914. The molecule has 0 radical (unpaired) electrons. The molecule has 0 unspecified atom stereocenters. The fraction of sp³-hybridized carbons (Fsp3) is 0.667. The van der Waals surface area contributed by atoms with Gasteiger partial charge in [0.05, 0.1) is 0 Å². The minimum atomic E-state index is -1.75. The highest BCUT2D eigenvalue weighted by molar-refractivity contribution is 5.81. The lowest BCUT2D eigenvalue weighted by Gasteiger charge is -2.10. The number of amides is 1. The fourth-order valence-electron chi connectivity index (χ4n) is 0.144. The first-order valence-corrected chi connectivity index (χ1v) is 1.35. The van der Waals surface area contributed by atoms with E-state index in [-0.39, 0.29) is 6.54 Å². The molecule has 0 aromatic rings. The minimum absolute atomic E-state index is 0.0914. The summed E-state index contributed by atoms with van der Waals surface area (Å²) >= 11 is 0. The van der Waals surface area contributed by atoms with Crippen molar-refractivity contribution < 1.29 is 8.95 Å². The zero-order valence-corrected chi connectivity index (χ0v) is 2.56. The lowest BCUT2D eigenvalue weighted by atomic mass is 10.3. The number of hydrogen-bond donors (Lipinski definition) is 1. The summed E-state index contributed by atoms with van der Waals surface area (Å²) < 4.78 is 20.1. The minimum Gasteiger partial charge on any atom is -0.356 e. The lowest BCUT2D eigenvalue weighted by molar-refractivity contribution is -0.125. The van der Waals surface area contributed by atoms with Gasteiger partial charge in [0.1, 0.15) is 0 Å². The van der Waals surface area contributed by atoms with Crippen molar-refractivity contribution >= 4 is 5.91 Å². The topological polar surface area (TPSA) is 29.1 Å². The summed E-state index contributed by atoms with van der Waals surface area (Å²) in [6, 6.07) is 0. The summed E-state index contributed by atoms with van der Waals surface area (Å²) in [7, 11) is 0. The van der Waals surface area contributed by atoms with Gasteiger partial charge in [-0.05, 0) is 0 Å². The van der Waals surface area contributed by atoms with E-state index in [1.807, 2.05) is 0 Å². The van der Waals surface area contributed by atoms with Gasteiger partial charge >= 0.3 is 0 Å². The first-order chi connectivity index (χ1) is 3.54. The van der Waals surface area contributed by atoms with Crippen molar-refractivity contribution in [1.29, 1.82) is 0 Å². The molecule has 1 aliphatic rings. The Morgan fingerprint density at radius 3 is 3.20 bits per heavy atom. The number of β-lactam (4-membered cyclic amide) rings is 1. The van der Waals surface area contributed by atoms with E-state index in [9.17, 15) is 4.79 Å². The predicted octanol–water partition coefficient (Wildman–Crippen LogP) is -0.494. The first-order valence-electron chi connectivity index (χ1n) is 2.79. The van der Waals surface area contributed by atoms with Gasteiger partial charge in [0, 0.05) is 15.7 Å². The highest BCUT2D eigenvalue weighted by atomic mass is 16.2. The zero-order valence-electron chi connectivity index (χ0n) is 5.56. The van der Waals surface area contributed by atoms with Crippen LogP contribution in [0.2, 0.25) is 1.41 Å². The van der Waals surface area contributed by atoms with Crippen LogP contribution in [-0.4, -0.2) is 12.5 Å². The molecule has 0 spiro atoms. The van der Waals surface area contributed by atoms with E-state index in [2.05, 4.69) is 0 Å². The van der Waals surface area contributed by atoms with Crippen LogP contribution in [0.3, 0.4) is 0 Å². The Hall–Kier alpha value is -0.530. The number of nitrogens with one attached hydrogen (secondary N) is 1. The van der Waals surface area contributed by atoms with Gasteiger partial charge in [-0.3, -0.25) is 4.79 Å². The quantitative estimate of drug-likeness (QED) is 0.386. The monoisotopic (exact) mass is 74.1 g/mol. The predicted molar refractivity (Wildman–Crippen MR) is 17.6 cm³/mol. The summed E-state index contributed by atoms with van der Waals surface area (Å²) in [4.78, 5) is 10.2. The molecular formula is C3H5NO. The standard InChI is InChI=1S/C3H5NO/c5-3-1-2-4-3/h1-2H2,(H,4,5)/i1D2/hD. The van der Waals surface area contributed by atoms with Gasteiger partial charge in [0.2, 0.25) is 5.91 Å². The second kappa shape index (κ2) is 0.708. The van der Waals surface area contributed by atoms with Crippen LogP contribution in [0.25, 0.3) is 0 Å². The summed E-state index contributed by atoms with van der Waals surface area (Å²) in [6.07, 6.45) is -1.75. The molecule has 1 saturated heterocycles. The average Bonchev–Trinajstić information content (AvgIpc) is 1.65. The molecule has 0 aromatic carbocycles. The molecule has 0 atom stereocenters. The van der Waals surface area contributed by atoms with Crippen LogP contribution < -0.4 is 5.31 Å². The van der Waals surface area contributed by atoms with Crippen molar-refractivity contribution in [1.82, 2.24) is 5.31 Å². The van der Waals surface area contributed by atoms with Crippen LogP contribution in [0.4, 0.5) is 0 Å². The van der Waals surface area contributed by atoms with E-state index in [0.29, 0.717) is 5.31 Å². The van der Waals surface area contributed by atoms with Gasteiger partial charge in [0.15, 0.2) is 1.41 Å². The molecule has 2 heteroatoms. The largest absolute Gasteiger partial charge is 0.356 e. The second-order valence-corrected chi connectivity index (χ2v) is 0.798. The van der Waals surface area contributed by atoms with Crippen LogP contribution >= 0.6 is 0 Å². The Bertz CT molecular complexity index is 134. The Kier molecular flexibility index (Phi) is 0.136. The second-order valence-electron chi connectivity index (χ2n) is 0.798. The maximum absolute atomic E-state index is 10.2. The third-order valence-corrected chi connectivity index (χ3v) is 0.453. The maximum atomic E-state index is 10.2. The highest BCUT2D eigenvalue weighted by Crippen LogP contribution is 1.85. The summed E-state index contributed by atoms with van der Waals surface area (Å²) in [5.41, 5.74) is 0. The molecule has 1 N–H and O–H groups in total. The zero-order chi connectivity index (χ0) is 6.36. The molecule has 1 fully saturated rings. The molecule has 0 bridgehead atoms. The molecule has 1 amide bonds. The number of rotatable bonds is 0. The summed E-state index contributed by atoms with van der Waals surface area (Å²) in [5.74, 6) is -0.738. The first kappa shape index (κ1) is 0.965. The molecule has 0 saturated carbocycles. The van der Waals surface area contributed by atoms with E-state index < -0.39 is 12.3 Å². The molecule has 28 valence electrons. The Morgan fingerprint density at radius 1 is 2.40 bits per heavy atom. The van der Waals surface area contributed by atoms with Crippen LogP contribution in [0.15, 0.2) is 0 Å². The van der Waals surface area contributed by atoms with E-state index >= 15 is 0 Å². The molecular weight excluding hydrogens is 66.0 g/mol. The molecule has 0 aliphatic carbocycles. The maximum Gasteiger partial charge on any atom is 0.221 e. The van der Waals surface area contributed by atoms with Gasteiger partial charge in [0.25, 0.3) is 0 Å². The Morgan fingerprint density at radius 2 is 3.20 bits per heavy atom. The van der Waals surface area contributed by atoms with E-state index in [0.717, 1.165) is 0 Å². The van der Waals surface area contributed by atoms with Crippen molar-refractivity contribution in [3.05, 3.63) is 0 Å². The number of carbonyl (C=O) groups excluding carboxylic acids is 1. The van der Waals surface area contributed by atoms with Gasteiger partial charge in [-0.15, -0.1) is 0 Å². The van der Waals surface area contributed by atoms with Crippen LogP contribution in [0.1, 0.15) is 9.11 Å². The fourth-order valence-corrected chi connectivity index (χ4v) is 0.144. The third-order valence-electron chi connectivity index (χ3n) is 0.453. The smallest absolute Gasteiger partial charge is 0.221 e. The van der Waals surface area contributed by atoms with Gasteiger partial charge in [-0.25, -0.2) is 0 Å². The van der Waals surface area contributed by atoms with Crippen molar-refractivity contribution in [3.63, 3.8) is 0 Å². The Balaban J connectivity index is 2.61. The highest BCUT2D eigenvalue weighted by Gasteiger charge is 2.07. The van der Waals surface area contributed by atoms with Crippen molar-refractivity contribution in [3.8, 4) is 0 Å². The van der Waals surface area contributed by atoms with Crippen molar-refractivity contribution in [2.75, 3.05) is 6.54 Å². The normalized spacial score (nSPS) is 41.2. The van der Waals surface area contributed by atoms with E-state index in [1.165, 1.54) is 0 Å². The molecule has 5 heavy (non-hydrogen) atoms. The van der Waals surface area contributed by atoms with Gasteiger partial charge in [-0.2, -0.15) is 0 Å². The number of hydrogen-bond acceptors (Lipinski definition) is 1. The van der Waals surface area contributed by atoms with Crippen molar-refractivity contribution in [2.45, 2.75) is 6.37 Å². The SMILES string of the molecule is [2H]N1CC([2H])([2H])C1=O. The van der Waals surface area contributed by atoms with Gasteiger partial charge in [-0.1, -0.05) is 0 Å². The molecule has 2 nitrogen and oxygen atoms in total. The third kappa shape index (κ3) is 0.251. The average molecular weight is 74.1 g/mol. The van der Waals surface area contributed by atoms with Crippen molar-refractivity contribution in [2.24, 2.45) is 0 Å². The Labute approximate surface area is 34.4 Å². The molecule has 0 aromatic heterocycles. The molecule has 1 aliphatic heterocycles. The lowest BCUT2D eigenvalue weighted by Crippen LogP contribution is -2.37. The van der Waals surface area contributed by atoms with Crippen LogP contribution in [0.5, 0.6) is 0 Å². The summed E-state index contributed by atoms with van der Waals surface area (Å²) in [5, 5.41) is 0.611. The molecule has 1 rings (SSSR count). The van der Waals surface area contributed by atoms with E-state index in [1.54, 1.807) is 0 Å². The number of carbonyl (C=O) groups is 1. The van der Waals surface area contributed by atoms with E-state index in [4.69, 9.17) is 4.15 Å². The molecule has 1 heterocycles. The van der Waals surface area contributed by atoms with Crippen LogP contribution in [-0.2, 0) is 4.79 Å². The van der Waals surface area contributed by atoms with Crippen LogP contribution in [0, 0.1) is 0 Å².